The zero-order valence-corrected chi connectivity index (χ0v) is 11.5. The molecule has 2 aromatic rings. The van der Waals surface area contributed by atoms with Crippen LogP contribution in [0, 0.1) is 5.82 Å². The summed E-state index contributed by atoms with van der Waals surface area (Å²) in [7, 11) is 0. The second-order valence-electron chi connectivity index (χ2n) is 4.09. The Kier molecular flexibility index (Phi) is 3.89. The third-order valence-corrected chi connectivity index (χ3v) is 2.95. The van der Waals surface area contributed by atoms with Gasteiger partial charge in [0, 0.05) is 15.8 Å². The molecule has 0 aliphatic carbocycles. The van der Waals surface area contributed by atoms with E-state index in [1.807, 2.05) is 0 Å². The molecule has 0 saturated heterocycles. The van der Waals surface area contributed by atoms with Crippen LogP contribution in [-0.4, -0.2) is 0 Å². The van der Waals surface area contributed by atoms with Crippen LogP contribution < -0.4 is 11.1 Å². The Morgan fingerprint density at radius 1 is 1.05 bits per heavy atom. The number of halogens is 5. The molecule has 0 saturated carbocycles. The van der Waals surface area contributed by atoms with Crippen LogP contribution in [0.5, 0.6) is 0 Å². The Morgan fingerprint density at radius 3 is 2.40 bits per heavy atom. The van der Waals surface area contributed by atoms with Crippen molar-refractivity contribution in [2.24, 2.45) is 0 Å². The molecule has 0 spiro atoms. The zero-order valence-electron chi connectivity index (χ0n) is 9.93. The maximum absolute atomic E-state index is 13.5. The Balaban J connectivity index is 2.39. The van der Waals surface area contributed by atoms with Crippen molar-refractivity contribution in [3.05, 3.63) is 52.3 Å². The predicted octanol–water partition coefficient (Wildman–Crippen LogP) is 4.93. The Labute approximate surface area is 120 Å². The van der Waals surface area contributed by atoms with Crippen molar-refractivity contribution >= 4 is 33.0 Å². The van der Waals surface area contributed by atoms with Crippen LogP contribution in [0.25, 0.3) is 0 Å². The minimum atomic E-state index is -4.48. The normalized spacial score (nSPS) is 11.4. The number of alkyl halides is 3. The first-order valence-electron chi connectivity index (χ1n) is 5.45. The molecule has 0 fully saturated rings. The molecule has 0 amide bonds. The van der Waals surface area contributed by atoms with E-state index in [4.69, 9.17) is 5.73 Å². The fourth-order valence-electron chi connectivity index (χ4n) is 1.62. The lowest BCUT2D eigenvalue weighted by atomic mass is 10.2. The number of hydrogen-bond donors (Lipinski definition) is 2. The van der Waals surface area contributed by atoms with E-state index in [0.29, 0.717) is 5.69 Å². The zero-order chi connectivity index (χ0) is 14.9. The van der Waals surface area contributed by atoms with Crippen LogP contribution in [0.4, 0.5) is 34.6 Å². The van der Waals surface area contributed by atoms with Gasteiger partial charge < -0.3 is 11.1 Å². The number of benzene rings is 2. The van der Waals surface area contributed by atoms with Gasteiger partial charge in [0.1, 0.15) is 5.82 Å². The van der Waals surface area contributed by atoms with Gasteiger partial charge >= 0.3 is 6.18 Å². The summed E-state index contributed by atoms with van der Waals surface area (Å²) in [4.78, 5) is 0. The highest BCUT2D eigenvalue weighted by atomic mass is 79.9. The first-order chi connectivity index (χ1) is 9.25. The summed E-state index contributed by atoms with van der Waals surface area (Å²) in [6.45, 7) is 0. The molecule has 0 aliphatic heterocycles. The summed E-state index contributed by atoms with van der Waals surface area (Å²) in [6.07, 6.45) is -4.48. The highest BCUT2D eigenvalue weighted by Gasteiger charge is 2.31. The summed E-state index contributed by atoms with van der Waals surface area (Å²) in [5.41, 5.74) is 5.10. The monoisotopic (exact) mass is 348 g/mol. The van der Waals surface area contributed by atoms with E-state index < -0.39 is 17.6 Å². The Hall–Kier alpha value is -1.76. The molecule has 7 heteroatoms. The van der Waals surface area contributed by atoms with Gasteiger partial charge in [0.05, 0.1) is 11.3 Å². The quantitative estimate of drug-likeness (QED) is 0.596. The molecule has 2 aromatic carbocycles. The fourth-order valence-corrected chi connectivity index (χ4v) is 2.11. The first kappa shape index (κ1) is 14.6. The molecule has 106 valence electrons. The Morgan fingerprint density at radius 2 is 1.75 bits per heavy atom. The summed E-state index contributed by atoms with van der Waals surface area (Å²) in [5.74, 6) is -0.604. The van der Waals surface area contributed by atoms with Crippen LogP contribution in [-0.2, 0) is 6.18 Å². The van der Waals surface area contributed by atoms with E-state index in [0.717, 1.165) is 18.2 Å². The number of rotatable bonds is 2. The Bertz CT molecular complexity index is 641. The van der Waals surface area contributed by atoms with Crippen LogP contribution in [0.2, 0.25) is 0 Å². The third-order valence-electron chi connectivity index (χ3n) is 2.49. The van der Waals surface area contributed by atoms with Gasteiger partial charge in [-0.2, -0.15) is 13.2 Å². The average molecular weight is 349 g/mol. The molecule has 0 aliphatic rings. The van der Waals surface area contributed by atoms with Gasteiger partial charge in [0.2, 0.25) is 0 Å². The van der Waals surface area contributed by atoms with Gasteiger partial charge in [-0.1, -0.05) is 15.9 Å². The minimum absolute atomic E-state index is 0.0104. The summed E-state index contributed by atoms with van der Waals surface area (Å²) in [5, 5.41) is 2.58. The molecular weight excluding hydrogens is 340 g/mol. The van der Waals surface area contributed by atoms with Crippen LogP contribution in [0.1, 0.15) is 5.56 Å². The largest absolute Gasteiger partial charge is 0.416 e. The van der Waals surface area contributed by atoms with Gasteiger partial charge in [-0.15, -0.1) is 0 Å². The number of nitrogens with one attached hydrogen (secondary N) is 1. The molecule has 0 radical (unpaired) electrons. The van der Waals surface area contributed by atoms with Crippen molar-refractivity contribution in [1.29, 1.82) is 0 Å². The molecule has 0 heterocycles. The van der Waals surface area contributed by atoms with E-state index in [1.54, 1.807) is 0 Å². The SMILES string of the molecule is Nc1ccc(F)c(Nc2cc(Br)cc(C(F)(F)F)c2)c1. The first-order valence-corrected chi connectivity index (χ1v) is 6.25. The topological polar surface area (TPSA) is 38.0 Å². The van der Waals surface area contributed by atoms with Crippen molar-refractivity contribution in [3.63, 3.8) is 0 Å². The molecule has 0 aromatic heterocycles. The van der Waals surface area contributed by atoms with Gasteiger partial charge in [-0.3, -0.25) is 0 Å². The highest BCUT2D eigenvalue weighted by molar-refractivity contribution is 9.10. The highest BCUT2D eigenvalue weighted by Crippen LogP contribution is 2.34. The molecule has 2 rings (SSSR count). The van der Waals surface area contributed by atoms with Crippen molar-refractivity contribution in [2.45, 2.75) is 6.18 Å². The number of anilines is 3. The second kappa shape index (κ2) is 5.32. The maximum atomic E-state index is 13.5. The predicted molar refractivity (Wildman–Crippen MR) is 73.2 cm³/mol. The molecular formula is C13H9BrF4N2. The van der Waals surface area contributed by atoms with Crippen LogP contribution in [0.15, 0.2) is 40.9 Å². The van der Waals surface area contributed by atoms with E-state index in [2.05, 4.69) is 21.2 Å². The van der Waals surface area contributed by atoms with Gasteiger partial charge in [0.25, 0.3) is 0 Å². The molecule has 20 heavy (non-hydrogen) atoms. The van der Waals surface area contributed by atoms with Crippen molar-refractivity contribution in [2.75, 3.05) is 11.1 Å². The lowest BCUT2D eigenvalue weighted by Crippen LogP contribution is -2.06. The third kappa shape index (κ3) is 3.41. The molecule has 3 N–H and O–H groups in total. The smallest absolute Gasteiger partial charge is 0.399 e. The van der Waals surface area contributed by atoms with Crippen LogP contribution >= 0.6 is 15.9 Å². The summed E-state index contributed by atoms with van der Waals surface area (Å²) >= 11 is 2.99. The van der Waals surface area contributed by atoms with E-state index in [-0.39, 0.29) is 15.8 Å². The second-order valence-corrected chi connectivity index (χ2v) is 5.01. The van der Waals surface area contributed by atoms with E-state index >= 15 is 0 Å². The molecule has 0 bridgehead atoms. The van der Waals surface area contributed by atoms with E-state index in [9.17, 15) is 17.6 Å². The van der Waals surface area contributed by atoms with Gasteiger partial charge in [0.15, 0.2) is 0 Å². The number of hydrogen-bond acceptors (Lipinski definition) is 2. The van der Waals surface area contributed by atoms with Crippen LogP contribution in [0.3, 0.4) is 0 Å². The number of nitrogen functional groups attached to an aromatic ring is 1. The minimum Gasteiger partial charge on any atom is -0.399 e. The van der Waals surface area contributed by atoms with E-state index in [1.165, 1.54) is 18.2 Å². The molecule has 2 nitrogen and oxygen atoms in total. The lowest BCUT2D eigenvalue weighted by Gasteiger charge is -2.12. The average Bonchev–Trinajstić information content (AvgIpc) is 2.32. The van der Waals surface area contributed by atoms with Crippen molar-refractivity contribution < 1.29 is 17.6 Å². The standard InChI is InChI=1S/C13H9BrF4N2/c14-8-3-7(13(16,17)18)4-10(5-8)20-12-6-9(19)1-2-11(12)15/h1-6,20H,19H2. The number of nitrogens with two attached hydrogens (primary N) is 1. The summed E-state index contributed by atoms with van der Waals surface area (Å²) in [6, 6.07) is 7.07. The molecule has 0 unspecified atom stereocenters. The van der Waals surface area contributed by atoms with Gasteiger partial charge in [-0.25, -0.2) is 4.39 Å². The lowest BCUT2D eigenvalue weighted by molar-refractivity contribution is -0.137. The maximum Gasteiger partial charge on any atom is 0.416 e. The van der Waals surface area contributed by atoms with Crippen molar-refractivity contribution in [3.8, 4) is 0 Å². The molecule has 0 atom stereocenters. The van der Waals surface area contributed by atoms with Crippen molar-refractivity contribution in [1.82, 2.24) is 0 Å². The van der Waals surface area contributed by atoms with Gasteiger partial charge in [-0.05, 0) is 36.4 Å². The summed E-state index contributed by atoms with van der Waals surface area (Å²) < 4.78 is 51.8. The fraction of sp³-hybridized carbons (Fsp3) is 0.0769.